The highest BCUT2D eigenvalue weighted by molar-refractivity contribution is 9.10. The molecule has 22 heavy (non-hydrogen) atoms. The van der Waals surface area contributed by atoms with E-state index >= 15 is 0 Å². The molecule has 8 heteroatoms. The highest BCUT2D eigenvalue weighted by atomic mass is 79.9. The van der Waals surface area contributed by atoms with Crippen LogP contribution in [-0.4, -0.2) is 21.0 Å². The van der Waals surface area contributed by atoms with Gasteiger partial charge in [0.2, 0.25) is 5.95 Å². The van der Waals surface area contributed by atoms with Crippen molar-refractivity contribution in [2.75, 3.05) is 5.73 Å². The van der Waals surface area contributed by atoms with Crippen LogP contribution in [0.3, 0.4) is 0 Å². The first kappa shape index (κ1) is 16.5. The van der Waals surface area contributed by atoms with Gasteiger partial charge < -0.3 is 15.6 Å². The molecule has 2 rings (SSSR count). The topological polar surface area (TPSA) is 98.3 Å². The number of carboxylic acids is 1. The van der Waals surface area contributed by atoms with E-state index < -0.39 is 12.1 Å². The lowest BCUT2D eigenvalue weighted by Crippen LogP contribution is -2.17. The van der Waals surface area contributed by atoms with Crippen LogP contribution in [0, 0.1) is 6.92 Å². The summed E-state index contributed by atoms with van der Waals surface area (Å²) in [5, 5.41) is 9.90. The number of rotatable bonds is 4. The van der Waals surface area contributed by atoms with Crippen LogP contribution in [0.15, 0.2) is 22.7 Å². The van der Waals surface area contributed by atoms with E-state index in [1.165, 1.54) is 0 Å². The molecule has 1 aromatic heterocycles. The quantitative estimate of drug-likeness (QED) is 0.832. The first-order valence-corrected chi connectivity index (χ1v) is 7.45. The third-order valence-electron chi connectivity index (χ3n) is 2.93. The maximum atomic E-state index is 11.4. The first-order valence-electron chi connectivity index (χ1n) is 6.28. The van der Waals surface area contributed by atoms with Crippen LogP contribution in [0.2, 0.25) is 5.02 Å². The second-order valence-corrected chi connectivity index (χ2v) is 5.86. The molecule has 0 amide bonds. The molecule has 0 aliphatic carbocycles. The number of ether oxygens (including phenoxy) is 1. The van der Waals surface area contributed by atoms with Crippen molar-refractivity contribution >= 4 is 39.4 Å². The third kappa shape index (κ3) is 3.48. The predicted octanol–water partition coefficient (Wildman–Crippen LogP) is 3.62. The summed E-state index contributed by atoms with van der Waals surface area (Å²) < 4.78 is 6.43. The third-order valence-corrected chi connectivity index (χ3v) is 3.79. The molecule has 0 aliphatic rings. The molecule has 0 spiro atoms. The van der Waals surface area contributed by atoms with Gasteiger partial charge in [-0.15, -0.1) is 0 Å². The van der Waals surface area contributed by atoms with Crippen molar-refractivity contribution < 1.29 is 14.6 Å². The minimum atomic E-state index is -1.13. The normalized spacial score (nSPS) is 12.0. The molecule has 0 aliphatic heterocycles. The van der Waals surface area contributed by atoms with Gasteiger partial charge in [-0.3, -0.25) is 0 Å². The van der Waals surface area contributed by atoms with E-state index in [9.17, 15) is 9.90 Å². The number of nitrogen functional groups attached to an aromatic ring is 1. The summed E-state index contributed by atoms with van der Waals surface area (Å²) in [5.74, 6) is -0.607. The summed E-state index contributed by atoms with van der Waals surface area (Å²) in [5.41, 5.74) is 6.12. The number of hydrogen-bond donors (Lipinski definition) is 2. The SMILES string of the molecule is Cc1nc(N)nc(C(C)Oc2ccc(Cl)cc2Br)c1C(=O)O. The second-order valence-electron chi connectivity index (χ2n) is 4.57. The van der Waals surface area contributed by atoms with Gasteiger partial charge in [0, 0.05) is 5.02 Å². The number of benzene rings is 1. The van der Waals surface area contributed by atoms with Gasteiger partial charge in [-0.25, -0.2) is 14.8 Å². The zero-order valence-corrected chi connectivity index (χ0v) is 14.1. The lowest BCUT2D eigenvalue weighted by Gasteiger charge is -2.18. The number of aryl methyl sites for hydroxylation is 1. The summed E-state index contributed by atoms with van der Waals surface area (Å²) in [6, 6.07) is 5.04. The Bertz CT molecular complexity index is 740. The smallest absolute Gasteiger partial charge is 0.339 e. The van der Waals surface area contributed by atoms with Gasteiger partial charge in [0.05, 0.1) is 10.2 Å². The predicted molar refractivity (Wildman–Crippen MR) is 86.3 cm³/mol. The van der Waals surface area contributed by atoms with Crippen molar-refractivity contribution in [3.8, 4) is 5.75 Å². The van der Waals surface area contributed by atoms with Gasteiger partial charge in [-0.05, 0) is 48.0 Å². The maximum Gasteiger partial charge on any atom is 0.339 e. The number of halogens is 2. The number of nitrogens with zero attached hydrogens (tertiary/aromatic N) is 2. The molecule has 3 N–H and O–H groups in total. The Kier molecular flexibility index (Phi) is 4.87. The van der Waals surface area contributed by atoms with Crippen molar-refractivity contribution in [3.05, 3.63) is 44.6 Å². The summed E-state index contributed by atoms with van der Waals surface area (Å²) in [6.45, 7) is 3.25. The summed E-state index contributed by atoms with van der Waals surface area (Å²) in [6.07, 6.45) is -0.632. The number of anilines is 1. The molecule has 0 radical (unpaired) electrons. The molecule has 0 saturated heterocycles. The van der Waals surface area contributed by atoms with E-state index in [0.29, 0.717) is 20.9 Å². The number of aromatic nitrogens is 2. The average Bonchev–Trinajstić information content (AvgIpc) is 2.40. The molecule has 1 unspecified atom stereocenters. The van der Waals surface area contributed by atoms with Crippen molar-refractivity contribution in [2.45, 2.75) is 20.0 Å². The zero-order chi connectivity index (χ0) is 16.4. The first-order chi connectivity index (χ1) is 10.3. The van der Waals surface area contributed by atoms with E-state index in [1.807, 2.05) is 0 Å². The fraction of sp³-hybridized carbons (Fsp3) is 0.214. The Morgan fingerprint density at radius 3 is 2.73 bits per heavy atom. The van der Waals surface area contributed by atoms with Crippen LogP contribution in [0.25, 0.3) is 0 Å². The molecule has 1 heterocycles. The molecule has 116 valence electrons. The Hall–Kier alpha value is -1.86. The lowest BCUT2D eigenvalue weighted by molar-refractivity contribution is 0.0689. The summed E-state index contributed by atoms with van der Waals surface area (Å²) in [4.78, 5) is 19.3. The fourth-order valence-corrected chi connectivity index (χ4v) is 2.77. The van der Waals surface area contributed by atoms with Crippen molar-refractivity contribution in [3.63, 3.8) is 0 Å². The van der Waals surface area contributed by atoms with E-state index in [-0.39, 0.29) is 17.2 Å². The van der Waals surface area contributed by atoms with Crippen LogP contribution in [0.5, 0.6) is 5.75 Å². The number of hydrogen-bond acceptors (Lipinski definition) is 5. The van der Waals surface area contributed by atoms with Gasteiger partial charge in [-0.1, -0.05) is 11.6 Å². The molecular formula is C14H13BrClN3O3. The Morgan fingerprint density at radius 1 is 1.45 bits per heavy atom. The van der Waals surface area contributed by atoms with E-state index in [2.05, 4.69) is 25.9 Å². The van der Waals surface area contributed by atoms with E-state index in [1.54, 1.807) is 32.0 Å². The highest BCUT2D eigenvalue weighted by Crippen LogP contribution is 2.32. The molecule has 6 nitrogen and oxygen atoms in total. The van der Waals surface area contributed by atoms with Crippen LogP contribution in [-0.2, 0) is 0 Å². The zero-order valence-electron chi connectivity index (χ0n) is 11.8. The van der Waals surface area contributed by atoms with E-state index in [4.69, 9.17) is 22.1 Å². The van der Waals surface area contributed by atoms with Crippen LogP contribution in [0.1, 0.15) is 34.8 Å². The highest BCUT2D eigenvalue weighted by Gasteiger charge is 2.23. The number of nitrogens with two attached hydrogens (primary N) is 1. The molecule has 2 aromatic rings. The molecular weight excluding hydrogens is 374 g/mol. The standard InChI is InChI=1S/C14H13BrClN3O3/c1-6-11(13(20)21)12(19-14(17)18-6)7(2)22-10-4-3-8(16)5-9(10)15/h3-5,7H,1-2H3,(H,20,21)(H2,17,18,19). The minimum absolute atomic E-state index is 0.00289. The van der Waals surface area contributed by atoms with Gasteiger partial charge in [0.25, 0.3) is 0 Å². The Labute approximate surface area is 140 Å². The van der Waals surface area contributed by atoms with Gasteiger partial charge in [-0.2, -0.15) is 0 Å². The molecule has 0 fully saturated rings. The number of carbonyl (C=O) groups is 1. The fourth-order valence-electron chi connectivity index (χ4n) is 1.99. The molecule has 1 atom stereocenters. The molecule has 0 bridgehead atoms. The van der Waals surface area contributed by atoms with Crippen molar-refractivity contribution in [1.29, 1.82) is 0 Å². The largest absolute Gasteiger partial charge is 0.483 e. The summed E-state index contributed by atoms with van der Waals surface area (Å²) >= 11 is 9.22. The lowest BCUT2D eigenvalue weighted by atomic mass is 10.1. The number of carboxylic acid groups (broad SMARTS) is 1. The number of aromatic carboxylic acids is 1. The average molecular weight is 387 g/mol. The molecule has 1 aromatic carbocycles. The van der Waals surface area contributed by atoms with E-state index in [0.717, 1.165) is 0 Å². The monoisotopic (exact) mass is 385 g/mol. The Balaban J connectivity index is 2.41. The van der Waals surface area contributed by atoms with Crippen molar-refractivity contribution in [2.24, 2.45) is 0 Å². The van der Waals surface area contributed by atoms with Crippen LogP contribution < -0.4 is 10.5 Å². The second kappa shape index (κ2) is 6.50. The van der Waals surface area contributed by atoms with Gasteiger partial charge in [0.15, 0.2) is 0 Å². The van der Waals surface area contributed by atoms with Crippen LogP contribution >= 0.6 is 27.5 Å². The maximum absolute atomic E-state index is 11.4. The van der Waals surface area contributed by atoms with Gasteiger partial charge in [0.1, 0.15) is 23.1 Å². The minimum Gasteiger partial charge on any atom is -0.483 e. The van der Waals surface area contributed by atoms with Crippen molar-refractivity contribution in [1.82, 2.24) is 9.97 Å². The van der Waals surface area contributed by atoms with Gasteiger partial charge >= 0.3 is 5.97 Å². The Morgan fingerprint density at radius 2 is 2.14 bits per heavy atom. The summed E-state index contributed by atoms with van der Waals surface area (Å²) in [7, 11) is 0. The molecule has 0 saturated carbocycles. The van der Waals surface area contributed by atoms with Crippen LogP contribution in [0.4, 0.5) is 5.95 Å².